The van der Waals surface area contributed by atoms with Crippen LogP contribution in [-0.2, 0) is 21.7 Å². The highest BCUT2D eigenvalue weighted by Crippen LogP contribution is 2.40. The van der Waals surface area contributed by atoms with Crippen LogP contribution in [0.15, 0.2) is 61.2 Å². The molecule has 0 bridgehead atoms. The summed E-state index contributed by atoms with van der Waals surface area (Å²) in [6.45, 7) is 7.83. The standard InChI is InChI=1S/C24H24N6O3/c1-4-20(32)25-18-7-5-6-15(12-18)23(33)27-17-10-8-16(9-11-17)26-22-19-13-30(14-31)24(2,3)21(19)28-29-22/h4-12,14H,1,13H2,2-3H3,(H,25,32)(H,27,33)(H2,26,28,29). The minimum Gasteiger partial charge on any atom is -0.338 e. The Morgan fingerprint density at radius 2 is 1.82 bits per heavy atom. The molecule has 168 valence electrons. The molecule has 3 amide bonds. The molecule has 33 heavy (non-hydrogen) atoms. The van der Waals surface area contributed by atoms with Gasteiger partial charge in [0.1, 0.15) is 0 Å². The van der Waals surface area contributed by atoms with Crippen molar-refractivity contribution in [3.05, 3.63) is 78.0 Å². The quantitative estimate of drug-likeness (QED) is 0.327. The number of nitrogens with one attached hydrogen (secondary N) is 4. The molecule has 1 aliphatic rings. The summed E-state index contributed by atoms with van der Waals surface area (Å²) in [6.07, 6.45) is 2.01. The van der Waals surface area contributed by atoms with Crippen molar-refractivity contribution in [1.29, 1.82) is 0 Å². The van der Waals surface area contributed by atoms with E-state index in [9.17, 15) is 14.4 Å². The number of carbonyl (C=O) groups is 3. The molecule has 2 aromatic carbocycles. The molecule has 4 N–H and O–H groups in total. The normalized spacial score (nSPS) is 13.7. The van der Waals surface area contributed by atoms with Crippen LogP contribution < -0.4 is 16.0 Å². The first-order valence-electron chi connectivity index (χ1n) is 10.3. The van der Waals surface area contributed by atoms with Crippen LogP contribution in [0.5, 0.6) is 0 Å². The van der Waals surface area contributed by atoms with Crippen LogP contribution in [0.4, 0.5) is 22.9 Å². The second-order valence-electron chi connectivity index (χ2n) is 8.15. The first kappa shape index (κ1) is 21.8. The number of nitrogens with zero attached hydrogens (tertiary/aromatic N) is 2. The average Bonchev–Trinajstić information content (AvgIpc) is 3.32. The monoisotopic (exact) mass is 444 g/mol. The van der Waals surface area contributed by atoms with Crippen molar-refractivity contribution < 1.29 is 14.4 Å². The molecule has 3 aromatic rings. The van der Waals surface area contributed by atoms with Gasteiger partial charge in [-0.3, -0.25) is 19.5 Å². The van der Waals surface area contributed by atoms with E-state index in [1.165, 1.54) is 6.08 Å². The molecule has 9 nitrogen and oxygen atoms in total. The third-order valence-electron chi connectivity index (χ3n) is 5.64. The highest BCUT2D eigenvalue weighted by molar-refractivity contribution is 6.06. The molecule has 0 spiro atoms. The number of aromatic amines is 1. The summed E-state index contributed by atoms with van der Waals surface area (Å²) in [4.78, 5) is 37.2. The van der Waals surface area contributed by atoms with Gasteiger partial charge in [-0.25, -0.2) is 0 Å². The highest BCUT2D eigenvalue weighted by Gasteiger charge is 2.40. The van der Waals surface area contributed by atoms with E-state index in [1.807, 2.05) is 26.0 Å². The zero-order chi connectivity index (χ0) is 23.6. The lowest BCUT2D eigenvalue weighted by atomic mass is 10.0. The molecule has 0 saturated carbocycles. The fraction of sp³-hybridized carbons (Fsp3) is 0.167. The molecule has 1 aliphatic heterocycles. The van der Waals surface area contributed by atoms with Gasteiger partial charge in [0.2, 0.25) is 12.3 Å². The molecule has 1 aromatic heterocycles. The van der Waals surface area contributed by atoms with Gasteiger partial charge in [-0.05, 0) is 62.4 Å². The van der Waals surface area contributed by atoms with Crippen molar-refractivity contribution in [1.82, 2.24) is 15.1 Å². The van der Waals surface area contributed by atoms with Crippen molar-refractivity contribution in [2.75, 3.05) is 16.0 Å². The van der Waals surface area contributed by atoms with Gasteiger partial charge in [0.15, 0.2) is 5.82 Å². The van der Waals surface area contributed by atoms with E-state index in [0.717, 1.165) is 23.4 Å². The average molecular weight is 444 g/mol. The molecular weight excluding hydrogens is 420 g/mol. The zero-order valence-electron chi connectivity index (χ0n) is 18.3. The van der Waals surface area contributed by atoms with Crippen molar-refractivity contribution in [3.63, 3.8) is 0 Å². The molecular formula is C24H24N6O3. The number of fused-ring (bicyclic) bond motifs is 1. The van der Waals surface area contributed by atoms with Crippen LogP contribution in [0.3, 0.4) is 0 Å². The first-order chi connectivity index (χ1) is 15.8. The number of benzene rings is 2. The summed E-state index contributed by atoms with van der Waals surface area (Å²) in [7, 11) is 0. The smallest absolute Gasteiger partial charge is 0.255 e. The molecule has 2 heterocycles. The van der Waals surface area contributed by atoms with Crippen LogP contribution in [0.1, 0.15) is 35.5 Å². The Morgan fingerprint density at radius 1 is 1.09 bits per heavy atom. The number of aromatic nitrogens is 2. The molecule has 0 fully saturated rings. The Labute approximate surface area is 190 Å². The van der Waals surface area contributed by atoms with E-state index in [2.05, 4.69) is 32.7 Å². The van der Waals surface area contributed by atoms with Gasteiger partial charge in [-0.15, -0.1) is 0 Å². The van der Waals surface area contributed by atoms with Gasteiger partial charge in [0, 0.05) is 28.2 Å². The summed E-state index contributed by atoms with van der Waals surface area (Å²) < 4.78 is 0. The predicted octanol–water partition coefficient (Wildman–Crippen LogP) is 3.74. The summed E-state index contributed by atoms with van der Waals surface area (Å²) >= 11 is 0. The number of hydrogen-bond donors (Lipinski definition) is 4. The summed E-state index contributed by atoms with van der Waals surface area (Å²) in [6, 6.07) is 13.8. The number of amides is 3. The van der Waals surface area contributed by atoms with E-state index in [4.69, 9.17) is 0 Å². The van der Waals surface area contributed by atoms with Crippen molar-refractivity contribution in [2.45, 2.75) is 25.9 Å². The van der Waals surface area contributed by atoms with Gasteiger partial charge in [0.25, 0.3) is 5.91 Å². The molecule has 0 radical (unpaired) electrons. The van der Waals surface area contributed by atoms with E-state index < -0.39 is 5.54 Å². The third kappa shape index (κ3) is 4.33. The minimum atomic E-state index is -0.441. The minimum absolute atomic E-state index is 0.299. The Morgan fingerprint density at radius 3 is 2.52 bits per heavy atom. The fourth-order valence-electron chi connectivity index (χ4n) is 3.72. The van der Waals surface area contributed by atoms with Gasteiger partial charge >= 0.3 is 0 Å². The molecule has 0 saturated heterocycles. The number of carbonyl (C=O) groups excluding carboxylic acids is 3. The second kappa shape index (κ2) is 8.62. The molecule has 0 aliphatic carbocycles. The topological polar surface area (TPSA) is 119 Å². The zero-order valence-corrected chi connectivity index (χ0v) is 18.3. The van der Waals surface area contributed by atoms with Crippen LogP contribution in [0, 0.1) is 0 Å². The van der Waals surface area contributed by atoms with E-state index in [-0.39, 0.29) is 11.8 Å². The molecule has 0 atom stereocenters. The van der Waals surface area contributed by atoms with Crippen LogP contribution >= 0.6 is 0 Å². The van der Waals surface area contributed by atoms with Gasteiger partial charge < -0.3 is 20.9 Å². The Hall–Kier alpha value is -4.40. The molecule has 4 rings (SSSR count). The Kier molecular flexibility index (Phi) is 5.70. The van der Waals surface area contributed by atoms with E-state index in [0.29, 0.717) is 29.3 Å². The maximum atomic E-state index is 12.6. The number of rotatable bonds is 7. The maximum absolute atomic E-state index is 12.6. The third-order valence-corrected chi connectivity index (χ3v) is 5.64. The van der Waals surface area contributed by atoms with Crippen molar-refractivity contribution in [3.8, 4) is 0 Å². The Balaban J connectivity index is 1.43. The van der Waals surface area contributed by atoms with Gasteiger partial charge in [-0.1, -0.05) is 12.6 Å². The van der Waals surface area contributed by atoms with Crippen molar-refractivity contribution >= 4 is 41.1 Å². The number of anilines is 4. The SMILES string of the molecule is C=CC(=O)Nc1cccc(C(=O)Nc2ccc(Nc3n[nH]c4c3CN(C=O)C4(C)C)cc2)c1. The van der Waals surface area contributed by atoms with Gasteiger partial charge in [0.05, 0.1) is 17.8 Å². The van der Waals surface area contributed by atoms with Gasteiger partial charge in [-0.2, -0.15) is 5.10 Å². The first-order valence-corrected chi connectivity index (χ1v) is 10.3. The van der Waals surface area contributed by atoms with Crippen molar-refractivity contribution in [2.24, 2.45) is 0 Å². The van der Waals surface area contributed by atoms with E-state index in [1.54, 1.807) is 41.3 Å². The van der Waals surface area contributed by atoms with E-state index >= 15 is 0 Å². The lowest BCUT2D eigenvalue weighted by molar-refractivity contribution is -0.123. The predicted molar refractivity (Wildman–Crippen MR) is 126 cm³/mol. The molecule has 9 heteroatoms. The lowest BCUT2D eigenvalue weighted by Gasteiger charge is -2.27. The highest BCUT2D eigenvalue weighted by atomic mass is 16.2. The fourth-order valence-corrected chi connectivity index (χ4v) is 3.72. The number of hydrogen-bond acceptors (Lipinski definition) is 5. The second-order valence-corrected chi connectivity index (χ2v) is 8.15. The van der Waals surface area contributed by atoms with Crippen LogP contribution in [0.25, 0.3) is 0 Å². The maximum Gasteiger partial charge on any atom is 0.255 e. The summed E-state index contributed by atoms with van der Waals surface area (Å²) in [5.74, 6) is 0.0185. The lowest BCUT2D eigenvalue weighted by Crippen LogP contribution is -2.34. The largest absolute Gasteiger partial charge is 0.338 e. The van der Waals surface area contributed by atoms with Crippen LogP contribution in [0.2, 0.25) is 0 Å². The summed E-state index contributed by atoms with van der Waals surface area (Å²) in [5, 5.41) is 16.1. The Bertz CT molecular complexity index is 1230. The summed E-state index contributed by atoms with van der Waals surface area (Å²) in [5.41, 5.74) is 3.75. The number of H-pyrrole nitrogens is 1. The molecule has 0 unspecified atom stereocenters. The van der Waals surface area contributed by atoms with Crippen LogP contribution in [-0.4, -0.2) is 33.3 Å².